The van der Waals surface area contributed by atoms with E-state index in [-0.39, 0.29) is 0 Å². The van der Waals surface area contributed by atoms with E-state index < -0.39 is 5.91 Å². The molecule has 1 aliphatic rings. The molecule has 1 aliphatic heterocycles. The minimum absolute atomic E-state index is 0.527. The van der Waals surface area contributed by atoms with Crippen molar-refractivity contribution in [2.24, 2.45) is 0 Å². The van der Waals surface area contributed by atoms with E-state index in [1.807, 2.05) is 30.5 Å². The number of aromatic amines is 1. The zero-order chi connectivity index (χ0) is 16.8. The molecule has 0 aliphatic carbocycles. The van der Waals surface area contributed by atoms with Gasteiger partial charge in [-0.15, -0.1) is 0 Å². The van der Waals surface area contributed by atoms with Crippen molar-refractivity contribution in [3.8, 4) is 0 Å². The maximum Gasteiger partial charge on any atom is 0.267 e. The van der Waals surface area contributed by atoms with Crippen LogP contribution in [0.5, 0.6) is 0 Å². The molecule has 0 unspecified atom stereocenters. The van der Waals surface area contributed by atoms with Crippen LogP contribution in [-0.4, -0.2) is 47.2 Å². The number of carbonyl (C=O) groups is 1. The number of benzene rings is 1. The molecule has 6 heteroatoms. The molecule has 2 aromatic rings. The Kier molecular flexibility index (Phi) is 5.30. The minimum atomic E-state index is -0.527. The third kappa shape index (κ3) is 4.04. The van der Waals surface area contributed by atoms with Gasteiger partial charge in [-0.2, -0.15) is 0 Å². The smallest absolute Gasteiger partial charge is 0.267 e. The van der Waals surface area contributed by atoms with E-state index in [2.05, 4.69) is 26.9 Å². The molecule has 1 aromatic heterocycles. The number of rotatable bonds is 5. The first-order chi connectivity index (χ1) is 11.8. The summed E-state index contributed by atoms with van der Waals surface area (Å²) in [7, 11) is 0. The molecule has 0 atom stereocenters. The predicted octanol–water partition coefficient (Wildman–Crippen LogP) is 1.86. The molecule has 0 bridgehead atoms. The number of carbonyl (C=O) groups excluding carboxylic acids is 1. The topological polar surface area (TPSA) is 71.6 Å². The van der Waals surface area contributed by atoms with Crippen molar-refractivity contribution in [2.45, 2.75) is 6.54 Å². The van der Waals surface area contributed by atoms with Gasteiger partial charge < -0.3 is 9.88 Å². The van der Waals surface area contributed by atoms with Crippen molar-refractivity contribution in [3.63, 3.8) is 0 Å². The van der Waals surface area contributed by atoms with Gasteiger partial charge in [0.05, 0.1) is 0 Å². The first-order valence-electron chi connectivity index (χ1n) is 8.07. The zero-order valence-corrected chi connectivity index (χ0v) is 13.5. The zero-order valence-electron chi connectivity index (χ0n) is 13.5. The molecule has 1 saturated heterocycles. The van der Waals surface area contributed by atoms with E-state index in [9.17, 15) is 4.79 Å². The fourth-order valence-corrected chi connectivity index (χ4v) is 2.97. The van der Waals surface area contributed by atoms with Gasteiger partial charge in [-0.1, -0.05) is 18.2 Å². The summed E-state index contributed by atoms with van der Waals surface area (Å²) in [6.07, 6.45) is 5.02. The van der Waals surface area contributed by atoms with Gasteiger partial charge in [-0.3, -0.25) is 14.9 Å². The fraction of sp³-hybridized carbons (Fsp3) is 0.278. The largest absolute Gasteiger partial charge is 0.368 e. The molecule has 3 N–H and O–H groups in total. The first kappa shape index (κ1) is 16.3. The van der Waals surface area contributed by atoms with Crippen LogP contribution in [0.3, 0.4) is 0 Å². The van der Waals surface area contributed by atoms with E-state index >= 15 is 0 Å². The summed E-state index contributed by atoms with van der Waals surface area (Å²) in [5.74, 6) is -0.527. The summed E-state index contributed by atoms with van der Waals surface area (Å²) >= 11 is 0. The number of aromatic nitrogens is 1. The van der Waals surface area contributed by atoms with Crippen LogP contribution in [0, 0.1) is 0 Å². The SMILES string of the molecule is O=C(/C=C/c1ccccc1N1CCN(Cc2ccc[nH]2)CC1)NO. The first-order valence-corrected chi connectivity index (χ1v) is 8.07. The molecule has 24 heavy (non-hydrogen) atoms. The number of H-pyrrole nitrogens is 1. The van der Waals surface area contributed by atoms with Crippen LogP contribution in [0.4, 0.5) is 5.69 Å². The van der Waals surface area contributed by atoms with Gasteiger partial charge in [-0.05, 0) is 29.8 Å². The standard InChI is InChI=1S/C18H22N4O2/c23-18(20-24)8-7-15-4-1-2-6-17(15)22-12-10-21(11-13-22)14-16-5-3-9-19-16/h1-9,19,24H,10-14H2,(H,20,23)/b8-7+. The quantitative estimate of drug-likeness (QED) is 0.445. The number of nitrogens with one attached hydrogen (secondary N) is 2. The highest BCUT2D eigenvalue weighted by Crippen LogP contribution is 2.23. The molecule has 1 amide bonds. The van der Waals surface area contributed by atoms with Crippen molar-refractivity contribution >= 4 is 17.7 Å². The highest BCUT2D eigenvalue weighted by atomic mass is 16.5. The Hall–Kier alpha value is -2.57. The second kappa shape index (κ2) is 7.81. The summed E-state index contributed by atoms with van der Waals surface area (Å²) in [6, 6.07) is 12.1. The molecule has 2 heterocycles. The third-order valence-electron chi connectivity index (χ3n) is 4.23. The summed E-state index contributed by atoms with van der Waals surface area (Å²) in [5, 5.41) is 8.60. The number of hydrogen-bond acceptors (Lipinski definition) is 4. The monoisotopic (exact) mass is 326 g/mol. The van der Waals surface area contributed by atoms with Crippen LogP contribution in [-0.2, 0) is 11.3 Å². The maximum absolute atomic E-state index is 11.2. The van der Waals surface area contributed by atoms with Gasteiger partial charge in [-0.25, -0.2) is 5.48 Å². The number of hydroxylamine groups is 1. The highest BCUT2D eigenvalue weighted by molar-refractivity contribution is 5.91. The van der Waals surface area contributed by atoms with E-state index in [1.54, 1.807) is 11.6 Å². The average molecular weight is 326 g/mol. The predicted molar refractivity (Wildman–Crippen MR) is 93.7 cm³/mol. The van der Waals surface area contributed by atoms with Crippen LogP contribution in [0.25, 0.3) is 6.08 Å². The van der Waals surface area contributed by atoms with Crippen molar-refractivity contribution < 1.29 is 10.0 Å². The third-order valence-corrected chi connectivity index (χ3v) is 4.23. The molecule has 1 fully saturated rings. The van der Waals surface area contributed by atoms with Gasteiger partial charge in [0.1, 0.15) is 0 Å². The molecular formula is C18H22N4O2. The van der Waals surface area contributed by atoms with Gasteiger partial charge >= 0.3 is 0 Å². The average Bonchev–Trinajstić information content (AvgIpc) is 3.13. The second-order valence-corrected chi connectivity index (χ2v) is 5.83. The van der Waals surface area contributed by atoms with E-state index in [1.165, 1.54) is 11.8 Å². The number of nitrogens with zero attached hydrogens (tertiary/aromatic N) is 2. The molecule has 126 valence electrons. The van der Waals surface area contributed by atoms with Crippen molar-refractivity contribution in [1.29, 1.82) is 0 Å². The molecular weight excluding hydrogens is 304 g/mol. The van der Waals surface area contributed by atoms with Crippen LogP contribution >= 0.6 is 0 Å². The lowest BCUT2D eigenvalue weighted by molar-refractivity contribution is -0.124. The molecule has 0 saturated carbocycles. The van der Waals surface area contributed by atoms with E-state index in [0.29, 0.717) is 0 Å². The fourth-order valence-electron chi connectivity index (χ4n) is 2.97. The van der Waals surface area contributed by atoms with Crippen LogP contribution in [0.2, 0.25) is 0 Å². The molecule has 0 radical (unpaired) electrons. The van der Waals surface area contributed by atoms with E-state index in [0.717, 1.165) is 44.0 Å². The summed E-state index contributed by atoms with van der Waals surface area (Å²) < 4.78 is 0. The molecule has 6 nitrogen and oxygen atoms in total. The van der Waals surface area contributed by atoms with Gasteiger partial charge in [0.2, 0.25) is 0 Å². The number of anilines is 1. The van der Waals surface area contributed by atoms with Crippen molar-refractivity contribution in [1.82, 2.24) is 15.4 Å². The van der Waals surface area contributed by atoms with Crippen molar-refractivity contribution in [3.05, 3.63) is 59.9 Å². The Morgan fingerprint density at radius 3 is 2.67 bits per heavy atom. The Morgan fingerprint density at radius 2 is 1.96 bits per heavy atom. The normalized spacial score (nSPS) is 15.8. The maximum atomic E-state index is 11.2. The summed E-state index contributed by atoms with van der Waals surface area (Å²) in [6.45, 7) is 4.82. The lowest BCUT2D eigenvalue weighted by Crippen LogP contribution is -2.46. The Labute approximate surface area is 141 Å². The van der Waals surface area contributed by atoms with Crippen molar-refractivity contribution in [2.75, 3.05) is 31.1 Å². The summed E-state index contributed by atoms with van der Waals surface area (Å²) in [5.41, 5.74) is 4.93. The number of hydrogen-bond donors (Lipinski definition) is 3. The lowest BCUT2D eigenvalue weighted by atomic mass is 10.1. The van der Waals surface area contributed by atoms with Crippen LogP contribution < -0.4 is 10.4 Å². The highest BCUT2D eigenvalue weighted by Gasteiger charge is 2.18. The number of piperazine rings is 1. The Bertz CT molecular complexity index is 689. The van der Waals surface area contributed by atoms with Gasteiger partial charge in [0.25, 0.3) is 5.91 Å². The van der Waals surface area contributed by atoms with Gasteiger partial charge in [0.15, 0.2) is 0 Å². The van der Waals surface area contributed by atoms with Crippen LogP contribution in [0.1, 0.15) is 11.3 Å². The minimum Gasteiger partial charge on any atom is -0.368 e. The van der Waals surface area contributed by atoms with Gasteiger partial charge in [0, 0.05) is 56.4 Å². The number of para-hydroxylation sites is 1. The molecule has 0 spiro atoms. The van der Waals surface area contributed by atoms with Crippen LogP contribution in [0.15, 0.2) is 48.7 Å². The Balaban J connectivity index is 1.64. The van der Waals surface area contributed by atoms with E-state index in [4.69, 9.17) is 5.21 Å². The number of amides is 1. The summed E-state index contributed by atoms with van der Waals surface area (Å²) in [4.78, 5) is 19.2. The second-order valence-electron chi connectivity index (χ2n) is 5.83. The Morgan fingerprint density at radius 1 is 1.17 bits per heavy atom. The molecule has 3 rings (SSSR count). The molecule has 1 aromatic carbocycles. The lowest BCUT2D eigenvalue weighted by Gasteiger charge is -2.36.